The summed E-state index contributed by atoms with van der Waals surface area (Å²) in [4.78, 5) is 0. The third-order valence-corrected chi connectivity index (χ3v) is 3.90. The van der Waals surface area contributed by atoms with Crippen LogP contribution in [-0.4, -0.2) is 12.1 Å². The topological polar surface area (TPSA) is 12.0 Å². The Morgan fingerprint density at radius 1 is 1.39 bits per heavy atom. The van der Waals surface area contributed by atoms with Gasteiger partial charge in [-0.05, 0) is 62.3 Å². The molecular weight excluding hydrogens is 225 g/mol. The number of rotatable bonds is 4. The van der Waals surface area contributed by atoms with Gasteiger partial charge in [0.2, 0.25) is 0 Å². The lowest BCUT2D eigenvalue weighted by Crippen LogP contribution is -2.43. The van der Waals surface area contributed by atoms with Gasteiger partial charge >= 0.3 is 0 Å². The van der Waals surface area contributed by atoms with Crippen LogP contribution in [0.5, 0.6) is 0 Å². The molecule has 0 radical (unpaired) electrons. The molecule has 1 aliphatic rings. The molecule has 0 saturated carbocycles. The largest absolute Gasteiger partial charge is 0.311 e. The lowest BCUT2D eigenvalue weighted by Gasteiger charge is -2.32. The lowest BCUT2D eigenvalue weighted by molar-refractivity contribution is 0.301. The van der Waals surface area contributed by atoms with Gasteiger partial charge in [0.1, 0.15) is 5.82 Å². The molecule has 18 heavy (non-hydrogen) atoms. The highest BCUT2D eigenvalue weighted by Gasteiger charge is 2.33. The molecule has 1 nitrogen and oxygen atoms in total. The maximum absolute atomic E-state index is 13.3. The normalized spacial score (nSPS) is 23.8. The van der Waals surface area contributed by atoms with Gasteiger partial charge in [-0.15, -0.1) is 0 Å². The van der Waals surface area contributed by atoms with Crippen molar-refractivity contribution in [3.8, 4) is 0 Å². The summed E-state index contributed by atoms with van der Waals surface area (Å²) >= 11 is 0. The van der Waals surface area contributed by atoms with Crippen molar-refractivity contribution in [2.24, 2.45) is 5.92 Å². The fraction of sp³-hybridized carbons (Fsp3) is 0.625. The van der Waals surface area contributed by atoms with Crippen molar-refractivity contribution in [3.63, 3.8) is 0 Å². The molecule has 1 aromatic carbocycles. The highest BCUT2D eigenvalue weighted by molar-refractivity contribution is 5.26. The summed E-state index contributed by atoms with van der Waals surface area (Å²) in [5.74, 6) is 0.591. The molecule has 0 bridgehead atoms. The van der Waals surface area contributed by atoms with E-state index in [0.717, 1.165) is 18.5 Å². The number of hydrogen-bond acceptors (Lipinski definition) is 1. The molecule has 1 fully saturated rings. The minimum atomic E-state index is -0.101. The smallest absolute Gasteiger partial charge is 0.126 e. The van der Waals surface area contributed by atoms with E-state index >= 15 is 0 Å². The Hall–Kier alpha value is -0.890. The van der Waals surface area contributed by atoms with Gasteiger partial charge in [0.25, 0.3) is 0 Å². The Kier molecular flexibility index (Phi) is 4.06. The van der Waals surface area contributed by atoms with Crippen LogP contribution in [0.25, 0.3) is 0 Å². The highest BCUT2D eigenvalue weighted by atomic mass is 19.1. The van der Waals surface area contributed by atoms with E-state index in [1.54, 1.807) is 6.07 Å². The fourth-order valence-corrected chi connectivity index (χ4v) is 3.25. The summed E-state index contributed by atoms with van der Waals surface area (Å²) in [6.45, 7) is 7.51. The van der Waals surface area contributed by atoms with E-state index in [2.05, 4.69) is 19.2 Å². The van der Waals surface area contributed by atoms with Crippen LogP contribution in [0, 0.1) is 18.7 Å². The van der Waals surface area contributed by atoms with E-state index in [-0.39, 0.29) is 11.4 Å². The zero-order valence-corrected chi connectivity index (χ0v) is 11.7. The van der Waals surface area contributed by atoms with Gasteiger partial charge in [0.05, 0.1) is 0 Å². The van der Waals surface area contributed by atoms with Crippen LogP contribution >= 0.6 is 0 Å². The Labute approximate surface area is 110 Å². The molecule has 0 aromatic heterocycles. The predicted molar refractivity (Wildman–Crippen MR) is 74.3 cm³/mol. The van der Waals surface area contributed by atoms with Gasteiger partial charge in [-0.1, -0.05) is 26.0 Å². The van der Waals surface area contributed by atoms with Crippen molar-refractivity contribution in [1.82, 2.24) is 5.32 Å². The number of nitrogens with one attached hydrogen (secondary N) is 1. The second-order valence-corrected chi connectivity index (χ2v) is 6.17. The zero-order chi connectivity index (χ0) is 13.2. The predicted octanol–water partition coefficient (Wildman–Crippen LogP) is 3.84. The number of hydrogen-bond donors (Lipinski definition) is 1. The van der Waals surface area contributed by atoms with Crippen LogP contribution in [0.1, 0.15) is 44.2 Å². The Balaban J connectivity index is 2.15. The Morgan fingerprint density at radius 2 is 2.17 bits per heavy atom. The van der Waals surface area contributed by atoms with Crippen LogP contribution in [0.2, 0.25) is 0 Å². The quantitative estimate of drug-likeness (QED) is 0.854. The SMILES string of the molecule is Cc1cc(CC2(CC(C)C)CCCN2)ccc1F. The van der Waals surface area contributed by atoms with Crippen LogP contribution in [0.4, 0.5) is 4.39 Å². The van der Waals surface area contributed by atoms with Crippen LogP contribution in [-0.2, 0) is 6.42 Å². The molecule has 1 N–H and O–H groups in total. The molecule has 2 heteroatoms. The van der Waals surface area contributed by atoms with Gasteiger partial charge in [-0.2, -0.15) is 0 Å². The van der Waals surface area contributed by atoms with E-state index in [4.69, 9.17) is 0 Å². The summed E-state index contributed by atoms with van der Waals surface area (Å²) < 4.78 is 13.3. The van der Waals surface area contributed by atoms with Crippen LogP contribution < -0.4 is 5.32 Å². The van der Waals surface area contributed by atoms with Crippen molar-refractivity contribution in [3.05, 3.63) is 35.1 Å². The third kappa shape index (κ3) is 3.11. The van der Waals surface area contributed by atoms with Gasteiger partial charge in [-0.3, -0.25) is 0 Å². The first-order valence-corrected chi connectivity index (χ1v) is 7.01. The minimum Gasteiger partial charge on any atom is -0.311 e. The van der Waals surface area contributed by atoms with Crippen molar-refractivity contribution in [2.75, 3.05) is 6.54 Å². The molecular formula is C16H24FN. The molecule has 1 saturated heterocycles. The van der Waals surface area contributed by atoms with Crippen molar-refractivity contribution in [2.45, 2.75) is 52.0 Å². The lowest BCUT2D eigenvalue weighted by atomic mass is 9.82. The Bertz CT molecular complexity index is 406. The molecule has 1 unspecified atom stereocenters. The third-order valence-electron chi connectivity index (χ3n) is 3.90. The molecule has 0 spiro atoms. The van der Waals surface area contributed by atoms with Crippen molar-refractivity contribution in [1.29, 1.82) is 0 Å². The summed E-state index contributed by atoms with van der Waals surface area (Å²) in [5, 5.41) is 3.69. The summed E-state index contributed by atoms with van der Waals surface area (Å²) in [6, 6.07) is 5.53. The van der Waals surface area contributed by atoms with E-state index in [1.807, 2.05) is 19.1 Å². The molecule has 1 aromatic rings. The first-order valence-electron chi connectivity index (χ1n) is 7.01. The molecule has 0 aliphatic carbocycles. The maximum atomic E-state index is 13.3. The number of aryl methyl sites for hydroxylation is 1. The minimum absolute atomic E-state index is 0.101. The van der Waals surface area contributed by atoms with Crippen molar-refractivity contribution < 1.29 is 4.39 Å². The average molecular weight is 249 g/mol. The number of halogens is 1. The van der Waals surface area contributed by atoms with E-state index in [9.17, 15) is 4.39 Å². The van der Waals surface area contributed by atoms with Crippen LogP contribution in [0.3, 0.4) is 0 Å². The zero-order valence-electron chi connectivity index (χ0n) is 11.7. The van der Waals surface area contributed by atoms with Gasteiger partial charge in [0.15, 0.2) is 0 Å². The molecule has 2 rings (SSSR count). The second kappa shape index (κ2) is 5.40. The summed E-state index contributed by atoms with van der Waals surface area (Å²) in [6.07, 6.45) is 4.71. The Morgan fingerprint density at radius 3 is 2.72 bits per heavy atom. The van der Waals surface area contributed by atoms with E-state index in [0.29, 0.717) is 5.92 Å². The van der Waals surface area contributed by atoms with E-state index in [1.165, 1.54) is 24.8 Å². The molecule has 0 amide bonds. The highest BCUT2D eigenvalue weighted by Crippen LogP contribution is 2.31. The van der Waals surface area contributed by atoms with Gasteiger partial charge in [0, 0.05) is 5.54 Å². The standard InChI is InChI=1S/C16H24FN/c1-12(2)10-16(7-4-8-18-16)11-14-5-6-15(17)13(3)9-14/h5-6,9,12,18H,4,7-8,10-11H2,1-3H3. The summed E-state index contributed by atoms with van der Waals surface area (Å²) in [7, 11) is 0. The fourth-order valence-electron chi connectivity index (χ4n) is 3.25. The molecule has 100 valence electrons. The van der Waals surface area contributed by atoms with E-state index < -0.39 is 0 Å². The first kappa shape index (κ1) is 13.5. The van der Waals surface area contributed by atoms with Crippen LogP contribution in [0.15, 0.2) is 18.2 Å². The molecule has 1 heterocycles. The average Bonchev–Trinajstić information content (AvgIpc) is 2.71. The summed E-state index contributed by atoms with van der Waals surface area (Å²) in [5.41, 5.74) is 2.24. The molecule has 1 atom stereocenters. The maximum Gasteiger partial charge on any atom is 0.126 e. The van der Waals surface area contributed by atoms with Gasteiger partial charge < -0.3 is 5.32 Å². The second-order valence-electron chi connectivity index (χ2n) is 6.17. The van der Waals surface area contributed by atoms with Crippen molar-refractivity contribution >= 4 is 0 Å². The first-order chi connectivity index (χ1) is 8.51. The van der Waals surface area contributed by atoms with Gasteiger partial charge in [-0.25, -0.2) is 4.39 Å². The number of benzene rings is 1. The molecule has 1 aliphatic heterocycles. The monoisotopic (exact) mass is 249 g/mol.